The monoisotopic (exact) mass is 234 g/mol. The molecule has 0 amide bonds. The third-order valence-electron chi connectivity index (χ3n) is 3.08. The summed E-state index contributed by atoms with van der Waals surface area (Å²) >= 11 is 0. The van der Waals surface area contributed by atoms with Crippen LogP contribution >= 0.6 is 0 Å². The maximum atomic E-state index is 10.6. The number of carbonyl (C=O) groups is 1. The standard InChI is InChI=1S/C14H18O3/c1-11(6-8-15)13-4-2-3-5-14(13)17-12-7-9-16-10-12/h2-5,8,11-12H,6-7,9-10H2,1H3. The van der Waals surface area contributed by atoms with E-state index >= 15 is 0 Å². The zero-order valence-electron chi connectivity index (χ0n) is 10.1. The normalized spacial score (nSPS) is 21.1. The fourth-order valence-electron chi connectivity index (χ4n) is 2.05. The van der Waals surface area contributed by atoms with Crippen LogP contribution in [0, 0.1) is 0 Å². The molecular weight excluding hydrogens is 216 g/mol. The van der Waals surface area contributed by atoms with Crippen molar-refractivity contribution in [1.82, 2.24) is 0 Å². The van der Waals surface area contributed by atoms with Crippen LogP contribution in [0.3, 0.4) is 0 Å². The van der Waals surface area contributed by atoms with Crippen molar-refractivity contribution in [2.75, 3.05) is 13.2 Å². The number of aldehydes is 1. The second kappa shape index (κ2) is 5.82. The van der Waals surface area contributed by atoms with Gasteiger partial charge in [-0.3, -0.25) is 0 Å². The first-order chi connectivity index (χ1) is 8.31. The van der Waals surface area contributed by atoms with Gasteiger partial charge in [0.05, 0.1) is 13.2 Å². The van der Waals surface area contributed by atoms with E-state index in [1.165, 1.54) is 0 Å². The average Bonchev–Trinajstić information content (AvgIpc) is 2.83. The summed E-state index contributed by atoms with van der Waals surface area (Å²) in [6, 6.07) is 7.94. The summed E-state index contributed by atoms with van der Waals surface area (Å²) in [6.07, 6.45) is 2.58. The van der Waals surface area contributed by atoms with Crippen molar-refractivity contribution in [3.8, 4) is 5.75 Å². The minimum atomic E-state index is 0.152. The Bertz CT molecular complexity index is 369. The van der Waals surface area contributed by atoms with E-state index in [1.807, 2.05) is 31.2 Å². The Balaban J connectivity index is 2.11. The van der Waals surface area contributed by atoms with Crippen LogP contribution in [0.15, 0.2) is 24.3 Å². The molecule has 0 aliphatic carbocycles. The van der Waals surface area contributed by atoms with Crippen LogP contribution in [-0.2, 0) is 9.53 Å². The number of para-hydroxylation sites is 1. The number of carbonyl (C=O) groups excluding carboxylic acids is 1. The van der Waals surface area contributed by atoms with Gasteiger partial charge in [-0.1, -0.05) is 25.1 Å². The Labute approximate surface area is 102 Å². The van der Waals surface area contributed by atoms with E-state index in [9.17, 15) is 4.79 Å². The molecule has 0 radical (unpaired) electrons. The molecule has 2 unspecified atom stereocenters. The molecule has 1 aliphatic heterocycles. The summed E-state index contributed by atoms with van der Waals surface area (Å²) in [7, 11) is 0. The van der Waals surface area contributed by atoms with Crippen molar-refractivity contribution in [3.63, 3.8) is 0 Å². The summed E-state index contributed by atoms with van der Waals surface area (Å²) in [5.41, 5.74) is 1.10. The van der Waals surface area contributed by atoms with Crippen LogP contribution in [0.1, 0.15) is 31.2 Å². The number of rotatable bonds is 5. The molecule has 3 heteroatoms. The SMILES string of the molecule is CC(CC=O)c1ccccc1OC1CCOC1. The van der Waals surface area contributed by atoms with E-state index in [0.717, 1.165) is 30.6 Å². The van der Waals surface area contributed by atoms with Crippen LogP contribution < -0.4 is 4.74 Å². The van der Waals surface area contributed by atoms with E-state index in [2.05, 4.69) is 0 Å². The fraction of sp³-hybridized carbons (Fsp3) is 0.500. The molecule has 0 aromatic heterocycles. The van der Waals surface area contributed by atoms with E-state index in [4.69, 9.17) is 9.47 Å². The van der Waals surface area contributed by atoms with Crippen LogP contribution in [0.5, 0.6) is 5.75 Å². The number of hydrogen-bond donors (Lipinski definition) is 0. The molecule has 1 saturated heterocycles. The lowest BCUT2D eigenvalue weighted by atomic mass is 9.97. The third kappa shape index (κ3) is 3.07. The summed E-state index contributed by atoms with van der Waals surface area (Å²) in [4.78, 5) is 10.6. The second-order valence-corrected chi connectivity index (χ2v) is 4.44. The maximum Gasteiger partial charge on any atom is 0.124 e. The first-order valence-corrected chi connectivity index (χ1v) is 6.08. The van der Waals surface area contributed by atoms with Gasteiger partial charge in [-0.05, 0) is 17.5 Å². The molecule has 0 N–H and O–H groups in total. The largest absolute Gasteiger partial charge is 0.488 e. The van der Waals surface area contributed by atoms with Gasteiger partial charge in [0.1, 0.15) is 18.1 Å². The third-order valence-corrected chi connectivity index (χ3v) is 3.08. The second-order valence-electron chi connectivity index (χ2n) is 4.44. The highest BCUT2D eigenvalue weighted by atomic mass is 16.5. The Morgan fingerprint density at radius 1 is 1.53 bits per heavy atom. The van der Waals surface area contributed by atoms with Gasteiger partial charge in [0.15, 0.2) is 0 Å². The predicted octanol–water partition coefficient (Wildman–Crippen LogP) is 2.55. The highest BCUT2D eigenvalue weighted by Crippen LogP contribution is 2.29. The number of ether oxygens (including phenoxy) is 2. The van der Waals surface area contributed by atoms with Gasteiger partial charge in [0.2, 0.25) is 0 Å². The zero-order valence-corrected chi connectivity index (χ0v) is 10.1. The molecule has 1 aliphatic rings. The fourth-order valence-corrected chi connectivity index (χ4v) is 2.05. The molecule has 92 valence electrons. The van der Waals surface area contributed by atoms with Crippen LogP contribution in [0.2, 0.25) is 0 Å². The lowest BCUT2D eigenvalue weighted by Crippen LogP contribution is -2.17. The molecule has 17 heavy (non-hydrogen) atoms. The topological polar surface area (TPSA) is 35.5 Å². The van der Waals surface area contributed by atoms with Crippen molar-refractivity contribution >= 4 is 6.29 Å². The minimum absolute atomic E-state index is 0.152. The molecule has 1 heterocycles. The molecule has 1 fully saturated rings. The summed E-state index contributed by atoms with van der Waals surface area (Å²) in [6.45, 7) is 3.48. The van der Waals surface area contributed by atoms with Crippen molar-refractivity contribution < 1.29 is 14.3 Å². The van der Waals surface area contributed by atoms with Gasteiger partial charge in [-0.2, -0.15) is 0 Å². The Morgan fingerprint density at radius 3 is 3.06 bits per heavy atom. The molecule has 2 rings (SSSR count). The number of benzene rings is 1. The first kappa shape index (κ1) is 12.1. The smallest absolute Gasteiger partial charge is 0.124 e. The molecule has 0 saturated carbocycles. The van der Waals surface area contributed by atoms with Gasteiger partial charge in [-0.15, -0.1) is 0 Å². The first-order valence-electron chi connectivity index (χ1n) is 6.08. The summed E-state index contributed by atoms with van der Waals surface area (Å²) < 4.78 is 11.2. The average molecular weight is 234 g/mol. The summed E-state index contributed by atoms with van der Waals surface area (Å²) in [5.74, 6) is 1.09. The van der Waals surface area contributed by atoms with E-state index < -0.39 is 0 Å². The van der Waals surface area contributed by atoms with E-state index in [-0.39, 0.29) is 12.0 Å². The van der Waals surface area contributed by atoms with Crippen LogP contribution in [0.25, 0.3) is 0 Å². The molecule has 1 aromatic rings. The van der Waals surface area contributed by atoms with Crippen LogP contribution in [-0.4, -0.2) is 25.6 Å². The highest BCUT2D eigenvalue weighted by molar-refractivity contribution is 5.52. The highest BCUT2D eigenvalue weighted by Gasteiger charge is 2.19. The molecule has 1 aromatic carbocycles. The van der Waals surface area contributed by atoms with Gasteiger partial charge >= 0.3 is 0 Å². The van der Waals surface area contributed by atoms with Crippen molar-refractivity contribution in [1.29, 1.82) is 0 Å². The molecule has 0 bridgehead atoms. The zero-order chi connectivity index (χ0) is 12.1. The van der Waals surface area contributed by atoms with Gasteiger partial charge in [0, 0.05) is 12.8 Å². The van der Waals surface area contributed by atoms with Gasteiger partial charge in [0.25, 0.3) is 0 Å². The molecule has 3 nitrogen and oxygen atoms in total. The number of hydrogen-bond acceptors (Lipinski definition) is 3. The Hall–Kier alpha value is -1.35. The Kier molecular flexibility index (Phi) is 4.15. The predicted molar refractivity (Wildman–Crippen MR) is 65.4 cm³/mol. The lowest BCUT2D eigenvalue weighted by Gasteiger charge is -2.18. The molecule has 0 spiro atoms. The van der Waals surface area contributed by atoms with Gasteiger partial charge < -0.3 is 14.3 Å². The van der Waals surface area contributed by atoms with Gasteiger partial charge in [-0.25, -0.2) is 0 Å². The van der Waals surface area contributed by atoms with Crippen molar-refractivity contribution in [2.45, 2.75) is 31.8 Å². The summed E-state index contributed by atoms with van der Waals surface area (Å²) in [5, 5.41) is 0. The Morgan fingerprint density at radius 2 is 2.35 bits per heavy atom. The van der Waals surface area contributed by atoms with Crippen LogP contribution in [0.4, 0.5) is 0 Å². The minimum Gasteiger partial charge on any atom is -0.488 e. The molecule has 2 atom stereocenters. The quantitative estimate of drug-likeness (QED) is 0.734. The maximum absolute atomic E-state index is 10.6. The molecular formula is C14H18O3. The van der Waals surface area contributed by atoms with E-state index in [0.29, 0.717) is 13.0 Å². The van der Waals surface area contributed by atoms with Crippen molar-refractivity contribution in [3.05, 3.63) is 29.8 Å². The van der Waals surface area contributed by atoms with E-state index in [1.54, 1.807) is 0 Å². The van der Waals surface area contributed by atoms with Crippen molar-refractivity contribution in [2.24, 2.45) is 0 Å². The lowest BCUT2D eigenvalue weighted by molar-refractivity contribution is -0.108.